The van der Waals surface area contributed by atoms with Gasteiger partial charge in [0.1, 0.15) is 5.82 Å². The van der Waals surface area contributed by atoms with Gasteiger partial charge in [-0.1, -0.05) is 18.6 Å². The quantitative estimate of drug-likeness (QED) is 0.853. The van der Waals surface area contributed by atoms with Crippen LogP contribution in [0.2, 0.25) is 0 Å². The maximum Gasteiger partial charge on any atom is 0.225 e. The van der Waals surface area contributed by atoms with E-state index in [9.17, 15) is 9.18 Å². The second kappa shape index (κ2) is 6.78. The molecule has 0 unspecified atom stereocenters. The Bertz CT molecular complexity index is 522. The van der Waals surface area contributed by atoms with E-state index < -0.39 is 0 Å². The van der Waals surface area contributed by atoms with Crippen molar-refractivity contribution < 1.29 is 9.18 Å². The number of piperidine rings is 1. The largest absolute Gasteiger partial charge is 0.342 e. The van der Waals surface area contributed by atoms with E-state index in [1.54, 1.807) is 12.1 Å². The Balaban J connectivity index is 1.48. The molecule has 1 saturated heterocycles. The van der Waals surface area contributed by atoms with Gasteiger partial charge < -0.3 is 4.90 Å². The molecule has 0 atom stereocenters. The molecule has 1 amide bonds. The van der Waals surface area contributed by atoms with Crippen LogP contribution in [0.1, 0.15) is 37.7 Å². The molecule has 0 aromatic heterocycles. The number of carbonyl (C=O) groups is 1. The topological polar surface area (TPSA) is 23.6 Å². The van der Waals surface area contributed by atoms with Crippen LogP contribution < -0.4 is 0 Å². The van der Waals surface area contributed by atoms with Crippen molar-refractivity contribution in [3.63, 3.8) is 0 Å². The molecule has 1 aromatic carbocycles. The molecule has 1 saturated carbocycles. The Labute approximate surface area is 132 Å². The summed E-state index contributed by atoms with van der Waals surface area (Å²) in [5, 5.41) is 0. The van der Waals surface area contributed by atoms with Crippen molar-refractivity contribution in [2.75, 3.05) is 20.1 Å². The van der Waals surface area contributed by atoms with Crippen LogP contribution in [0.15, 0.2) is 24.3 Å². The highest BCUT2D eigenvalue weighted by Gasteiger charge is 2.32. The monoisotopic (exact) mass is 304 g/mol. The summed E-state index contributed by atoms with van der Waals surface area (Å²) in [6.45, 7) is 2.75. The molecule has 0 bridgehead atoms. The van der Waals surface area contributed by atoms with Crippen LogP contribution in [0.4, 0.5) is 4.39 Å². The Morgan fingerprint density at radius 1 is 1.27 bits per heavy atom. The number of carbonyl (C=O) groups excluding carboxylic acids is 1. The highest BCUT2D eigenvalue weighted by molar-refractivity contribution is 5.79. The first-order valence-electron chi connectivity index (χ1n) is 8.37. The Hall–Kier alpha value is -1.42. The van der Waals surface area contributed by atoms with Gasteiger partial charge in [-0.15, -0.1) is 0 Å². The second-order valence-corrected chi connectivity index (χ2v) is 6.71. The van der Waals surface area contributed by atoms with Crippen LogP contribution >= 0.6 is 0 Å². The van der Waals surface area contributed by atoms with E-state index in [1.807, 2.05) is 18.0 Å². The lowest BCUT2D eigenvalue weighted by Gasteiger charge is -2.39. The maximum atomic E-state index is 13.2. The van der Waals surface area contributed by atoms with Gasteiger partial charge in [-0.2, -0.15) is 0 Å². The third-order valence-electron chi connectivity index (χ3n) is 5.20. The molecule has 120 valence electrons. The average Bonchev–Trinajstić information content (AvgIpc) is 2.45. The molecule has 0 radical (unpaired) electrons. The highest BCUT2D eigenvalue weighted by Crippen LogP contribution is 2.29. The zero-order valence-corrected chi connectivity index (χ0v) is 13.3. The average molecular weight is 304 g/mol. The Kier molecular flexibility index (Phi) is 4.77. The van der Waals surface area contributed by atoms with Gasteiger partial charge in [0.15, 0.2) is 0 Å². The van der Waals surface area contributed by atoms with Crippen molar-refractivity contribution in [1.82, 2.24) is 9.80 Å². The molecule has 1 heterocycles. The van der Waals surface area contributed by atoms with Gasteiger partial charge in [-0.25, -0.2) is 4.39 Å². The summed E-state index contributed by atoms with van der Waals surface area (Å²) in [6.07, 6.45) is 5.38. The summed E-state index contributed by atoms with van der Waals surface area (Å²) in [5.41, 5.74) is 1.03. The molecule has 4 heteroatoms. The van der Waals surface area contributed by atoms with Crippen LogP contribution in [-0.4, -0.2) is 41.9 Å². The highest BCUT2D eigenvalue weighted by atomic mass is 19.1. The molecule has 0 spiro atoms. The minimum Gasteiger partial charge on any atom is -0.342 e. The van der Waals surface area contributed by atoms with Crippen molar-refractivity contribution >= 4 is 5.91 Å². The fourth-order valence-electron chi connectivity index (χ4n) is 3.48. The zero-order valence-electron chi connectivity index (χ0n) is 13.3. The first kappa shape index (κ1) is 15.5. The number of nitrogens with zero attached hydrogens (tertiary/aromatic N) is 2. The van der Waals surface area contributed by atoms with E-state index in [2.05, 4.69) is 4.90 Å². The fraction of sp³-hybridized carbons (Fsp3) is 0.611. The number of halogens is 1. The molecule has 1 aromatic rings. The molecule has 3 rings (SSSR count). The van der Waals surface area contributed by atoms with Crippen molar-refractivity contribution in [3.05, 3.63) is 35.6 Å². The van der Waals surface area contributed by atoms with E-state index >= 15 is 0 Å². The van der Waals surface area contributed by atoms with E-state index in [-0.39, 0.29) is 11.7 Å². The molecule has 1 aliphatic heterocycles. The van der Waals surface area contributed by atoms with E-state index in [0.29, 0.717) is 11.9 Å². The van der Waals surface area contributed by atoms with E-state index in [0.717, 1.165) is 50.9 Å². The van der Waals surface area contributed by atoms with Crippen LogP contribution in [0.3, 0.4) is 0 Å². The minimum atomic E-state index is -0.168. The normalized spacial score (nSPS) is 20.6. The smallest absolute Gasteiger partial charge is 0.225 e. The molecule has 0 N–H and O–H groups in total. The van der Waals surface area contributed by atoms with Crippen LogP contribution in [0.5, 0.6) is 0 Å². The predicted molar refractivity (Wildman–Crippen MR) is 84.8 cm³/mol. The van der Waals surface area contributed by atoms with Crippen molar-refractivity contribution in [2.45, 2.75) is 44.7 Å². The number of rotatable bonds is 4. The number of amides is 1. The number of likely N-dealkylation sites (tertiary alicyclic amines) is 1. The van der Waals surface area contributed by atoms with E-state index in [1.165, 1.54) is 12.5 Å². The number of hydrogen-bond donors (Lipinski definition) is 0. The lowest BCUT2D eigenvalue weighted by molar-refractivity contribution is -0.139. The van der Waals surface area contributed by atoms with Crippen LogP contribution in [0.25, 0.3) is 0 Å². The van der Waals surface area contributed by atoms with Crippen molar-refractivity contribution in [1.29, 1.82) is 0 Å². The summed E-state index contributed by atoms with van der Waals surface area (Å²) in [5.74, 6) is 0.461. The van der Waals surface area contributed by atoms with Gasteiger partial charge >= 0.3 is 0 Å². The number of hydrogen-bond acceptors (Lipinski definition) is 2. The third kappa shape index (κ3) is 3.49. The third-order valence-corrected chi connectivity index (χ3v) is 5.20. The molecular weight excluding hydrogens is 279 g/mol. The Morgan fingerprint density at radius 2 is 2.00 bits per heavy atom. The number of benzene rings is 1. The van der Waals surface area contributed by atoms with Gasteiger partial charge in [-0.05, 0) is 43.4 Å². The molecular formula is C18H25FN2O. The predicted octanol–water partition coefficient (Wildman–Crippen LogP) is 3.05. The summed E-state index contributed by atoms with van der Waals surface area (Å²) in [6, 6.07) is 7.20. The fourth-order valence-corrected chi connectivity index (χ4v) is 3.48. The first-order valence-corrected chi connectivity index (χ1v) is 8.37. The second-order valence-electron chi connectivity index (χ2n) is 6.71. The standard InChI is InChI=1S/C18H25FN2O/c1-20(18(22)15-5-3-6-15)17-8-10-21(11-9-17)13-14-4-2-7-16(19)12-14/h2,4,7,12,15,17H,3,5-6,8-11,13H2,1H3. The summed E-state index contributed by atoms with van der Waals surface area (Å²) in [4.78, 5) is 16.6. The zero-order chi connectivity index (χ0) is 15.5. The molecule has 3 nitrogen and oxygen atoms in total. The molecule has 1 aliphatic carbocycles. The molecule has 22 heavy (non-hydrogen) atoms. The Morgan fingerprint density at radius 3 is 2.59 bits per heavy atom. The summed E-state index contributed by atoms with van der Waals surface area (Å²) in [7, 11) is 1.97. The molecule has 2 fully saturated rings. The lowest BCUT2D eigenvalue weighted by atomic mass is 9.84. The maximum absolute atomic E-state index is 13.2. The van der Waals surface area contributed by atoms with E-state index in [4.69, 9.17) is 0 Å². The van der Waals surface area contributed by atoms with Gasteiger partial charge in [0, 0.05) is 38.6 Å². The van der Waals surface area contributed by atoms with Gasteiger partial charge in [-0.3, -0.25) is 9.69 Å². The lowest BCUT2D eigenvalue weighted by Crippen LogP contribution is -2.48. The SMILES string of the molecule is CN(C(=O)C1CCC1)C1CCN(Cc2cccc(F)c2)CC1. The van der Waals surface area contributed by atoms with Crippen LogP contribution in [0, 0.1) is 11.7 Å². The van der Waals surface area contributed by atoms with Crippen molar-refractivity contribution in [2.24, 2.45) is 5.92 Å². The molecule has 2 aliphatic rings. The van der Waals surface area contributed by atoms with Crippen molar-refractivity contribution in [3.8, 4) is 0 Å². The summed E-state index contributed by atoms with van der Waals surface area (Å²) >= 11 is 0. The van der Waals surface area contributed by atoms with Crippen LogP contribution in [-0.2, 0) is 11.3 Å². The van der Waals surface area contributed by atoms with Gasteiger partial charge in [0.2, 0.25) is 5.91 Å². The summed E-state index contributed by atoms with van der Waals surface area (Å²) < 4.78 is 13.2. The van der Waals surface area contributed by atoms with Gasteiger partial charge in [0.05, 0.1) is 0 Å². The minimum absolute atomic E-state index is 0.168. The first-order chi connectivity index (χ1) is 10.6. The van der Waals surface area contributed by atoms with Gasteiger partial charge in [0.25, 0.3) is 0 Å².